The summed E-state index contributed by atoms with van der Waals surface area (Å²) in [7, 11) is 0. The molecule has 0 aliphatic rings. The molecule has 0 atom stereocenters. The number of alkyl halides is 2. The summed E-state index contributed by atoms with van der Waals surface area (Å²) in [5.74, 6) is 0. The smallest absolute Gasteiger partial charge is 0.280 e. The number of benzene rings is 1. The van der Waals surface area contributed by atoms with E-state index in [1.165, 1.54) is 6.07 Å². The van der Waals surface area contributed by atoms with Gasteiger partial charge in [0.05, 0.1) is 17.4 Å². The largest absolute Gasteiger partial charge is 0.285 e. The van der Waals surface area contributed by atoms with Crippen molar-refractivity contribution in [2.45, 2.75) is 6.43 Å². The minimum Gasteiger partial charge on any atom is -0.285 e. The first-order valence-corrected chi connectivity index (χ1v) is 7.36. The fourth-order valence-corrected chi connectivity index (χ4v) is 2.66. The SMILES string of the molecule is FC(F)c1ccc(-c2cn[nH]c2)c(-c2ccc3cccnc3c2)n1. The molecule has 0 aliphatic carbocycles. The van der Waals surface area contributed by atoms with E-state index in [1.807, 2.05) is 30.3 Å². The minimum atomic E-state index is -2.62. The lowest BCUT2D eigenvalue weighted by molar-refractivity contribution is 0.146. The fourth-order valence-electron chi connectivity index (χ4n) is 2.66. The predicted octanol–water partition coefficient (Wildman–Crippen LogP) is 4.62. The maximum Gasteiger partial charge on any atom is 0.280 e. The molecule has 0 saturated carbocycles. The molecular weight excluding hydrogens is 310 g/mol. The van der Waals surface area contributed by atoms with Gasteiger partial charge in [-0.2, -0.15) is 5.10 Å². The number of rotatable bonds is 3. The van der Waals surface area contributed by atoms with Gasteiger partial charge >= 0.3 is 0 Å². The number of pyridine rings is 2. The Morgan fingerprint density at radius 2 is 1.92 bits per heavy atom. The number of H-pyrrole nitrogens is 1. The monoisotopic (exact) mass is 322 g/mol. The van der Waals surface area contributed by atoms with Crippen LogP contribution in [0.25, 0.3) is 33.3 Å². The molecule has 0 spiro atoms. The van der Waals surface area contributed by atoms with Gasteiger partial charge in [0.2, 0.25) is 0 Å². The summed E-state index contributed by atoms with van der Waals surface area (Å²) in [6.45, 7) is 0. The van der Waals surface area contributed by atoms with Crippen LogP contribution in [0, 0.1) is 0 Å². The van der Waals surface area contributed by atoms with Crippen molar-refractivity contribution in [3.8, 4) is 22.4 Å². The van der Waals surface area contributed by atoms with Crippen molar-refractivity contribution in [2.75, 3.05) is 0 Å². The highest BCUT2D eigenvalue weighted by Gasteiger charge is 2.16. The molecule has 1 N–H and O–H groups in total. The Morgan fingerprint density at radius 3 is 2.71 bits per heavy atom. The summed E-state index contributed by atoms with van der Waals surface area (Å²) in [5.41, 5.74) is 3.29. The van der Waals surface area contributed by atoms with E-state index in [2.05, 4.69) is 20.2 Å². The first-order valence-electron chi connectivity index (χ1n) is 7.36. The van der Waals surface area contributed by atoms with Gasteiger partial charge in [-0.3, -0.25) is 10.1 Å². The van der Waals surface area contributed by atoms with Crippen LogP contribution < -0.4 is 0 Å². The van der Waals surface area contributed by atoms with Gasteiger partial charge < -0.3 is 0 Å². The van der Waals surface area contributed by atoms with Gasteiger partial charge in [-0.15, -0.1) is 0 Å². The molecule has 6 heteroatoms. The number of nitrogens with zero attached hydrogens (tertiary/aromatic N) is 3. The lowest BCUT2D eigenvalue weighted by Crippen LogP contribution is -1.96. The van der Waals surface area contributed by atoms with Gasteiger partial charge in [-0.25, -0.2) is 13.8 Å². The maximum atomic E-state index is 13.1. The van der Waals surface area contributed by atoms with E-state index in [0.29, 0.717) is 5.69 Å². The van der Waals surface area contributed by atoms with Crippen LogP contribution in [0.1, 0.15) is 12.1 Å². The minimum absolute atomic E-state index is 0.252. The topological polar surface area (TPSA) is 54.5 Å². The van der Waals surface area contributed by atoms with Crippen LogP contribution in [0.2, 0.25) is 0 Å². The zero-order valence-corrected chi connectivity index (χ0v) is 12.4. The molecule has 0 fully saturated rings. The van der Waals surface area contributed by atoms with E-state index >= 15 is 0 Å². The molecule has 1 aromatic carbocycles. The molecule has 0 radical (unpaired) electrons. The van der Waals surface area contributed by atoms with Crippen LogP contribution in [0.3, 0.4) is 0 Å². The molecule has 3 aromatic heterocycles. The quantitative estimate of drug-likeness (QED) is 0.598. The first-order chi connectivity index (χ1) is 11.7. The summed E-state index contributed by atoms with van der Waals surface area (Å²) in [5, 5.41) is 7.65. The van der Waals surface area contributed by atoms with Gasteiger partial charge in [-0.1, -0.05) is 24.3 Å². The average molecular weight is 322 g/mol. The second-order valence-electron chi connectivity index (χ2n) is 5.33. The van der Waals surface area contributed by atoms with Crippen molar-refractivity contribution in [2.24, 2.45) is 0 Å². The molecule has 4 nitrogen and oxygen atoms in total. The van der Waals surface area contributed by atoms with E-state index in [4.69, 9.17) is 0 Å². The van der Waals surface area contributed by atoms with Crippen molar-refractivity contribution in [1.29, 1.82) is 0 Å². The van der Waals surface area contributed by atoms with Crippen molar-refractivity contribution in [1.82, 2.24) is 20.2 Å². The van der Waals surface area contributed by atoms with Crippen LogP contribution in [0.5, 0.6) is 0 Å². The molecule has 0 aliphatic heterocycles. The zero-order chi connectivity index (χ0) is 16.5. The van der Waals surface area contributed by atoms with Crippen LogP contribution >= 0.6 is 0 Å². The molecule has 3 heterocycles. The average Bonchev–Trinajstić information content (AvgIpc) is 3.15. The highest BCUT2D eigenvalue weighted by atomic mass is 19.3. The third-order valence-electron chi connectivity index (χ3n) is 3.83. The van der Waals surface area contributed by atoms with Crippen molar-refractivity contribution in [3.63, 3.8) is 0 Å². The van der Waals surface area contributed by atoms with Gasteiger partial charge in [0.1, 0.15) is 5.69 Å². The Bertz CT molecular complexity index is 997. The fraction of sp³-hybridized carbons (Fsp3) is 0.0556. The molecule has 118 valence electrons. The third kappa shape index (κ3) is 2.52. The van der Waals surface area contributed by atoms with Gasteiger partial charge in [0.25, 0.3) is 6.43 Å². The summed E-state index contributed by atoms with van der Waals surface area (Å²) < 4.78 is 26.2. The number of nitrogens with one attached hydrogen (secondary N) is 1. The van der Waals surface area contributed by atoms with Crippen LogP contribution in [-0.4, -0.2) is 20.2 Å². The van der Waals surface area contributed by atoms with E-state index in [0.717, 1.165) is 27.6 Å². The number of aromatic amines is 1. The Morgan fingerprint density at radius 1 is 1.00 bits per heavy atom. The zero-order valence-electron chi connectivity index (χ0n) is 12.4. The first kappa shape index (κ1) is 14.4. The van der Waals surface area contributed by atoms with Gasteiger partial charge in [-0.05, 0) is 18.2 Å². The second-order valence-corrected chi connectivity index (χ2v) is 5.33. The second kappa shape index (κ2) is 5.81. The van der Waals surface area contributed by atoms with Crippen LogP contribution in [-0.2, 0) is 0 Å². The Kier molecular flexibility index (Phi) is 3.49. The number of fused-ring (bicyclic) bond motifs is 1. The molecule has 4 rings (SSSR count). The third-order valence-corrected chi connectivity index (χ3v) is 3.83. The lowest BCUT2D eigenvalue weighted by Gasteiger charge is -2.10. The summed E-state index contributed by atoms with van der Waals surface area (Å²) in [6.07, 6.45) is 2.43. The van der Waals surface area contributed by atoms with Crippen molar-refractivity contribution >= 4 is 10.9 Å². The Hall–Kier alpha value is -3.15. The normalized spacial score (nSPS) is 11.3. The molecule has 0 unspecified atom stereocenters. The van der Waals surface area contributed by atoms with Gasteiger partial charge in [0, 0.05) is 34.5 Å². The van der Waals surface area contributed by atoms with Crippen LogP contribution in [0.4, 0.5) is 8.78 Å². The predicted molar refractivity (Wildman–Crippen MR) is 87.5 cm³/mol. The number of hydrogen-bond donors (Lipinski definition) is 1. The van der Waals surface area contributed by atoms with E-state index in [9.17, 15) is 8.78 Å². The van der Waals surface area contributed by atoms with Crippen LogP contribution in [0.15, 0.2) is 61.1 Å². The molecule has 0 bridgehead atoms. The molecule has 0 amide bonds. The number of aromatic nitrogens is 4. The Labute approximate surface area is 136 Å². The van der Waals surface area contributed by atoms with E-state index in [-0.39, 0.29) is 5.69 Å². The molecule has 4 aromatic rings. The highest BCUT2D eigenvalue weighted by molar-refractivity contribution is 5.87. The van der Waals surface area contributed by atoms with Gasteiger partial charge in [0.15, 0.2) is 0 Å². The Balaban J connectivity index is 1.94. The standard InChI is InChI=1S/C18H12F2N4/c19-18(20)15-6-5-14(13-9-22-23-10-13)17(24-15)12-4-3-11-2-1-7-21-16(11)8-12/h1-10,18H,(H,22,23). The highest BCUT2D eigenvalue weighted by Crippen LogP contribution is 2.33. The molecule has 0 saturated heterocycles. The molecule has 24 heavy (non-hydrogen) atoms. The summed E-state index contributed by atoms with van der Waals surface area (Å²) in [6, 6.07) is 12.4. The maximum absolute atomic E-state index is 13.1. The number of hydrogen-bond acceptors (Lipinski definition) is 3. The van der Waals surface area contributed by atoms with E-state index in [1.54, 1.807) is 24.7 Å². The van der Waals surface area contributed by atoms with E-state index < -0.39 is 6.43 Å². The summed E-state index contributed by atoms with van der Waals surface area (Å²) in [4.78, 5) is 8.51. The van der Waals surface area contributed by atoms with Crippen molar-refractivity contribution in [3.05, 3.63) is 66.7 Å². The lowest BCUT2D eigenvalue weighted by atomic mass is 10.00. The number of halogens is 2. The summed E-state index contributed by atoms with van der Waals surface area (Å²) >= 11 is 0. The van der Waals surface area contributed by atoms with Crippen molar-refractivity contribution < 1.29 is 8.78 Å². The molecular formula is C18H12F2N4.